The van der Waals surface area contributed by atoms with Gasteiger partial charge in [-0.1, -0.05) is 42.1 Å². The number of hydrogen-bond acceptors (Lipinski definition) is 5. The highest BCUT2D eigenvalue weighted by atomic mass is 32.2. The zero-order chi connectivity index (χ0) is 18.6. The summed E-state index contributed by atoms with van der Waals surface area (Å²) in [5.41, 5.74) is 8.46. The van der Waals surface area contributed by atoms with Crippen molar-refractivity contribution in [3.63, 3.8) is 0 Å². The molecule has 0 aliphatic heterocycles. The number of aromatic nitrogens is 2. The maximum Gasteiger partial charge on any atom is 0.259 e. The number of amidine groups is 1. The number of nitrogens with zero attached hydrogens (tertiary/aromatic N) is 2. The molecule has 0 radical (unpaired) electrons. The van der Waals surface area contributed by atoms with Gasteiger partial charge in [0.25, 0.3) is 5.56 Å². The van der Waals surface area contributed by atoms with E-state index < -0.39 is 0 Å². The summed E-state index contributed by atoms with van der Waals surface area (Å²) in [7, 11) is 0. The van der Waals surface area contributed by atoms with Gasteiger partial charge >= 0.3 is 0 Å². The van der Waals surface area contributed by atoms with Gasteiger partial charge in [-0.2, -0.15) is 0 Å². The average molecular weight is 399 g/mol. The van der Waals surface area contributed by atoms with Crippen molar-refractivity contribution in [2.75, 3.05) is 6.54 Å². The van der Waals surface area contributed by atoms with E-state index in [4.69, 9.17) is 5.73 Å². The van der Waals surface area contributed by atoms with Crippen LogP contribution in [0.15, 0.2) is 40.1 Å². The Labute approximate surface area is 166 Å². The molecule has 1 aliphatic carbocycles. The lowest BCUT2D eigenvalue weighted by molar-refractivity contribution is 0.700. The molecule has 0 spiro atoms. The summed E-state index contributed by atoms with van der Waals surface area (Å²) in [5, 5.41) is 1.33. The lowest BCUT2D eigenvalue weighted by Crippen LogP contribution is -2.14. The van der Waals surface area contributed by atoms with Gasteiger partial charge in [0.1, 0.15) is 10.7 Å². The third-order valence-electron chi connectivity index (χ3n) is 4.74. The van der Waals surface area contributed by atoms with Gasteiger partial charge in [0.2, 0.25) is 0 Å². The lowest BCUT2D eigenvalue weighted by atomic mass is 9.97. The Morgan fingerprint density at radius 1 is 1.26 bits per heavy atom. The minimum atomic E-state index is -0.0189. The van der Waals surface area contributed by atoms with Gasteiger partial charge < -0.3 is 10.7 Å². The summed E-state index contributed by atoms with van der Waals surface area (Å²) in [4.78, 5) is 26.8. The molecule has 1 aromatic carbocycles. The van der Waals surface area contributed by atoms with E-state index in [-0.39, 0.29) is 5.56 Å². The van der Waals surface area contributed by atoms with Gasteiger partial charge in [-0.15, -0.1) is 11.3 Å². The molecule has 0 atom stereocenters. The van der Waals surface area contributed by atoms with Crippen LogP contribution in [0.4, 0.5) is 0 Å². The number of nitrogens with two attached hydrogens (primary N) is 1. The van der Waals surface area contributed by atoms with Crippen molar-refractivity contribution >= 4 is 38.5 Å². The van der Waals surface area contributed by atoms with Gasteiger partial charge in [-0.05, 0) is 43.2 Å². The van der Waals surface area contributed by atoms with Crippen LogP contribution in [0.2, 0.25) is 0 Å². The van der Waals surface area contributed by atoms with E-state index in [1.165, 1.54) is 34.2 Å². The van der Waals surface area contributed by atoms with E-state index >= 15 is 0 Å². The largest absolute Gasteiger partial charge is 0.379 e. The highest BCUT2D eigenvalue weighted by molar-refractivity contribution is 8.13. The summed E-state index contributed by atoms with van der Waals surface area (Å²) < 4.78 is 0. The fraction of sp³-hybridized carbons (Fsp3) is 0.350. The third-order valence-corrected chi connectivity index (χ3v) is 6.77. The average Bonchev–Trinajstić information content (AvgIpc) is 3.06. The molecule has 140 valence electrons. The van der Waals surface area contributed by atoms with Crippen LogP contribution >= 0.6 is 23.1 Å². The smallest absolute Gasteiger partial charge is 0.259 e. The van der Waals surface area contributed by atoms with Crippen molar-refractivity contribution in [3.05, 3.63) is 62.5 Å². The molecule has 5 nitrogen and oxygen atoms in total. The van der Waals surface area contributed by atoms with Crippen molar-refractivity contribution in [3.8, 4) is 0 Å². The van der Waals surface area contributed by atoms with E-state index in [0.29, 0.717) is 23.3 Å². The molecule has 4 rings (SSSR count). The Hall–Kier alpha value is -2.12. The topological polar surface area (TPSA) is 84.1 Å². The molecule has 0 amide bonds. The molecule has 7 heteroatoms. The Morgan fingerprint density at radius 2 is 2.07 bits per heavy atom. The number of aryl methyl sites for hydroxylation is 2. The van der Waals surface area contributed by atoms with Crippen LogP contribution < -0.4 is 11.3 Å². The summed E-state index contributed by atoms with van der Waals surface area (Å²) in [6.45, 7) is 0.656. The van der Waals surface area contributed by atoms with Crippen LogP contribution in [0.5, 0.6) is 0 Å². The Balaban J connectivity index is 1.41. The molecule has 0 fully saturated rings. The van der Waals surface area contributed by atoms with Crippen molar-refractivity contribution in [1.29, 1.82) is 0 Å². The van der Waals surface area contributed by atoms with E-state index in [9.17, 15) is 4.79 Å². The number of nitrogens with one attached hydrogen (secondary N) is 1. The fourth-order valence-corrected chi connectivity index (χ4v) is 5.29. The summed E-state index contributed by atoms with van der Waals surface area (Å²) in [5.74, 6) is 1.19. The van der Waals surface area contributed by atoms with Gasteiger partial charge in [-0.3, -0.25) is 9.79 Å². The Bertz CT molecular complexity index is 1020. The van der Waals surface area contributed by atoms with Crippen molar-refractivity contribution in [2.24, 2.45) is 10.7 Å². The molecular formula is C20H22N4OS2. The summed E-state index contributed by atoms with van der Waals surface area (Å²) in [6, 6.07) is 10.2. The minimum Gasteiger partial charge on any atom is -0.379 e. The highest BCUT2D eigenvalue weighted by Crippen LogP contribution is 2.33. The number of hydrogen-bond donors (Lipinski definition) is 2. The van der Waals surface area contributed by atoms with Gasteiger partial charge in [0.15, 0.2) is 5.17 Å². The predicted molar refractivity (Wildman–Crippen MR) is 115 cm³/mol. The zero-order valence-corrected chi connectivity index (χ0v) is 16.7. The number of benzene rings is 1. The normalized spacial score (nSPS) is 14.4. The molecular weight excluding hydrogens is 376 g/mol. The lowest BCUT2D eigenvalue weighted by Gasteiger charge is -2.09. The predicted octanol–water partition coefficient (Wildman–Crippen LogP) is 3.65. The maximum absolute atomic E-state index is 12.5. The first-order chi connectivity index (χ1) is 13.2. The Kier molecular flexibility index (Phi) is 5.59. The van der Waals surface area contributed by atoms with Crippen LogP contribution in [0.25, 0.3) is 10.2 Å². The fourth-order valence-electron chi connectivity index (χ4n) is 3.40. The van der Waals surface area contributed by atoms with Gasteiger partial charge in [0, 0.05) is 11.4 Å². The van der Waals surface area contributed by atoms with E-state index in [2.05, 4.69) is 27.1 Å². The van der Waals surface area contributed by atoms with Gasteiger partial charge in [-0.25, -0.2) is 4.98 Å². The first kappa shape index (κ1) is 18.3. The highest BCUT2D eigenvalue weighted by Gasteiger charge is 2.19. The molecule has 0 saturated heterocycles. The molecule has 2 heterocycles. The minimum absolute atomic E-state index is 0.0189. The maximum atomic E-state index is 12.5. The van der Waals surface area contributed by atoms with Crippen LogP contribution in [-0.4, -0.2) is 21.7 Å². The van der Waals surface area contributed by atoms with Gasteiger partial charge in [0.05, 0.1) is 11.1 Å². The number of H-pyrrole nitrogens is 1. The quantitative estimate of drug-likeness (QED) is 0.507. The van der Waals surface area contributed by atoms with Crippen LogP contribution in [-0.2, 0) is 25.0 Å². The number of thiophene rings is 1. The molecule has 3 N–H and O–H groups in total. The molecule has 1 aliphatic rings. The SMILES string of the molecule is NC(=NCCc1ccccc1)SCc1nc2sc3c(c2c(=O)[nH]1)CCCC3. The third kappa shape index (κ3) is 4.25. The zero-order valence-electron chi connectivity index (χ0n) is 15.0. The molecule has 0 unspecified atom stereocenters. The van der Waals surface area contributed by atoms with E-state index in [0.717, 1.165) is 35.9 Å². The number of aliphatic imine (C=N–C) groups is 1. The molecule has 0 saturated carbocycles. The number of thioether (sulfide) groups is 1. The standard InChI is InChI=1S/C20H22N4OS2/c21-20(22-11-10-13-6-2-1-3-7-13)26-12-16-23-18(25)17-14-8-4-5-9-15(14)27-19(17)24-16/h1-3,6-7H,4-5,8-12H2,(H2,21,22)(H,23,24,25). The van der Waals surface area contributed by atoms with E-state index in [1.54, 1.807) is 11.3 Å². The number of fused-ring (bicyclic) bond motifs is 3. The molecule has 2 aromatic heterocycles. The molecule has 0 bridgehead atoms. The number of aromatic amines is 1. The first-order valence-corrected chi connectivity index (χ1v) is 11.0. The van der Waals surface area contributed by atoms with Crippen LogP contribution in [0.1, 0.15) is 34.7 Å². The van der Waals surface area contributed by atoms with Crippen molar-refractivity contribution in [2.45, 2.75) is 37.9 Å². The van der Waals surface area contributed by atoms with Crippen LogP contribution in [0.3, 0.4) is 0 Å². The molecule has 3 aromatic rings. The summed E-state index contributed by atoms with van der Waals surface area (Å²) in [6.07, 6.45) is 5.29. The second-order valence-corrected chi connectivity index (χ2v) is 8.73. The van der Waals surface area contributed by atoms with Crippen LogP contribution in [0, 0.1) is 0 Å². The second kappa shape index (κ2) is 8.27. The number of rotatable bonds is 5. The summed E-state index contributed by atoms with van der Waals surface area (Å²) >= 11 is 3.09. The Morgan fingerprint density at radius 3 is 2.93 bits per heavy atom. The van der Waals surface area contributed by atoms with E-state index in [1.807, 2.05) is 18.2 Å². The monoisotopic (exact) mass is 398 g/mol. The first-order valence-electron chi connectivity index (χ1n) is 9.21. The van der Waals surface area contributed by atoms with Crippen molar-refractivity contribution in [1.82, 2.24) is 9.97 Å². The van der Waals surface area contributed by atoms with Crippen molar-refractivity contribution < 1.29 is 0 Å². The molecule has 27 heavy (non-hydrogen) atoms. The second-order valence-electron chi connectivity index (χ2n) is 6.65.